The molecule has 2 heterocycles. The molecule has 0 atom stereocenters. The number of carbonyl (C=O) groups excluding carboxylic acids is 2. The van der Waals surface area contributed by atoms with E-state index in [1.54, 1.807) is 18.3 Å². The Hall–Kier alpha value is -2.03. The summed E-state index contributed by atoms with van der Waals surface area (Å²) in [5, 5.41) is 6.67. The third kappa shape index (κ3) is 4.97. The van der Waals surface area contributed by atoms with Crippen LogP contribution >= 0.6 is 38.6 Å². The predicted molar refractivity (Wildman–Crippen MR) is 106 cm³/mol. The monoisotopic (exact) mass is 435 g/mol. The van der Waals surface area contributed by atoms with Crippen molar-refractivity contribution < 1.29 is 9.59 Å². The lowest BCUT2D eigenvalue weighted by Gasteiger charge is -1.99. The maximum absolute atomic E-state index is 12.3. The molecule has 3 aromatic rings. The molecule has 5 nitrogen and oxygen atoms in total. The molecule has 8 heteroatoms. The maximum Gasteiger partial charge on any atom is 0.267 e. The third-order valence-electron chi connectivity index (χ3n) is 3.19. The van der Waals surface area contributed by atoms with Gasteiger partial charge in [0.05, 0.1) is 9.88 Å². The van der Waals surface area contributed by atoms with Crippen molar-refractivity contribution >= 4 is 60.6 Å². The van der Waals surface area contributed by atoms with E-state index in [-0.39, 0.29) is 11.8 Å². The fraction of sp³-hybridized carbons (Fsp3) is 0.118. The van der Waals surface area contributed by atoms with E-state index in [2.05, 4.69) is 43.7 Å². The van der Waals surface area contributed by atoms with Crippen LogP contribution in [0.3, 0.4) is 0 Å². The molecule has 0 aliphatic heterocycles. The van der Waals surface area contributed by atoms with E-state index in [4.69, 9.17) is 0 Å². The Morgan fingerprint density at radius 1 is 1.08 bits per heavy atom. The average Bonchev–Trinajstić information content (AvgIpc) is 3.19. The minimum Gasteiger partial charge on any atom is -0.318 e. The Morgan fingerprint density at radius 2 is 1.84 bits per heavy atom. The summed E-state index contributed by atoms with van der Waals surface area (Å²) in [6.45, 7) is 1.43. The second-order valence-corrected chi connectivity index (χ2v) is 8.35. The second kappa shape index (κ2) is 7.90. The van der Waals surface area contributed by atoms with Crippen molar-refractivity contribution in [2.45, 2.75) is 13.3 Å². The normalized spacial score (nSPS) is 10.5. The van der Waals surface area contributed by atoms with Gasteiger partial charge in [0.15, 0.2) is 5.13 Å². The van der Waals surface area contributed by atoms with Crippen LogP contribution in [0.25, 0.3) is 0 Å². The van der Waals surface area contributed by atoms with Gasteiger partial charge in [0.1, 0.15) is 0 Å². The molecule has 0 fully saturated rings. The zero-order valence-corrected chi connectivity index (χ0v) is 16.4. The Balaban J connectivity index is 1.62. The van der Waals surface area contributed by atoms with E-state index in [9.17, 15) is 9.59 Å². The van der Waals surface area contributed by atoms with Crippen molar-refractivity contribution in [2.24, 2.45) is 0 Å². The molecule has 0 saturated carbocycles. The van der Waals surface area contributed by atoms with Crippen LogP contribution < -0.4 is 10.6 Å². The first-order valence-electron chi connectivity index (χ1n) is 7.37. The zero-order chi connectivity index (χ0) is 17.8. The fourth-order valence-electron chi connectivity index (χ4n) is 2.11. The highest BCUT2D eigenvalue weighted by Crippen LogP contribution is 2.25. The molecule has 2 amide bonds. The number of rotatable bonds is 5. The Bertz CT molecular complexity index is 903. The van der Waals surface area contributed by atoms with E-state index in [0.717, 1.165) is 15.8 Å². The van der Waals surface area contributed by atoms with Crippen LogP contribution in [0.1, 0.15) is 27.0 Å². The zero-order valence-electron chi connectivity index (χ0n) is 13.2. The first-order valence-corrected chi connectivity index (χ1v) is 9.80. The SMILES string of the molecule is CC(=O)Nc1ccc(C(=O)Nc2ncc(Cc3ccc(Br)cc3)s2)s1. The quantitative estimate of drug-likeness (QED) is 0.606. The average molecular weight is 436 g/mol. The number of halogens is 1. The summed E-state index contributed by atoms with van der Waals surface area (Å²) >= 11 is 6.10. The highest BCUT2D eigenvalue weighted by atomic mass is 79.9. The number of nitrogens with one attached hydrogen (secondary N) is 2. The molecule has 0 aliphatic rings. The smallest absolute Gasteiger partial charge is 0.267 e. The summed E-state index contributed by atoms with van der Waals surface area (Å²) in [7, 11) is 0. The number of carbonyl (C=O) groups is 2. The van der Waals surface area contributed by atoms with Crippen molar-refractivity contribution in [2.75, 3.05) is 10.6 Å². The number of hydrogen-bond donors (Lipinski definition) is 2. The van der Waals surface area contributed by atoms with Gasteiger partial charge in [-0.05, 0) is 29.8 Å². The summed E-state index contributed by atoms with van der Waals surface area (Å²) in [6, 6.07) is 11.5. The summed E-state index contributed by atoms with van der Waals surface area (Å²) in [5.74, 6) is -0.391. The van der Waals surface area contributed by atoms with Crippen molar-refractivity contribution in [3.63, 3.8) is 0 Å². The van der Waals surface area contributed by atoms with Crippen LogP contribution in [0.5, 0.6) is 0 Å². The number of thiophene rings is 1. The Labute approximate surface area is 161 Å². The molecule has 2 aromatic heterocycles. The largest absolute Gasteiger partial charge is 0.318 e. The third-order valence-corrected chi connectivity index (χ3v) is 5.64. The molecule has 0 spiro atoms. The summed E-state index contributed by atoms with van der Waals surface area (Å²) in [4.78, 5) is 29.2. The molecule has 0 aliphatic carbocycles. The van der Waals surface area contributed by atoms with Gasteiger partial charge in [-0.3, -0.25) is 14.9 Å². The van der Waals surface area contributed by atoms with E-state index in [1.807, 2.05) is 12.1 Å². The highest BCUT2D eigenvalue weighted by molar-refractivity contribution is 9.10. The lowest BCUT2D eigenvalue weighted by molar-refractivity contribution is -0.114. The van der Waals surface area contributed by atoms with Crippen molar-refractivity contribution in [1.82, 2.24) is 4.98 Å². The van der Waals surface area contributed by atoms with Gasteiger partial charge in [0.2, 0.25) is 5.91 Å². The lowest BCUT2D eigenvalue weighted by atomic mass is 10.1. The van der Waals surface area contributed by atoms with E-state index in [0.29, 0.717) is 15.0 Å². The Kier molecular flexibility index (Phi) is 5.62. The van der Waals surface area contributed by atoms with Gasteiger partial charge in [-0.2, -0.15) is 0 Å². The van der Waals surface area contributed by atoms with E-state index in [1.165, 1.54) is 35.2 Å². The highest BCUT2D eigenvalue weighted by Gasteiger charge is 2.12. The second-order valence-electron chi connectivity index (χ2n) is 5.23. The number of nitrogens with zero attached hydrogens (tertiary/aromatic N) is 1. The summed E-state index contributed by atoms with van der Waals surface area (Å²) in [5.41, 5.74) is 1.18. The number of amides is 2. The van der Waals surface area contributed by atoms with Crippen LogP contribution in [0.15, 0.2) is 47.1 Å². The molecule has 3 rings (SSSR count). The van der Waals surface area contributed by atoms with Crippen LogP contribution in [-0.4, -0.2) is 16.8 Å². The van der Waals surface area contributed by atoms with Gasteiger partial charge >= 0.3 is 0 Å². The number of thiazole rings is 1. The van der Waals surface area contributed by atoms with Crippen LogP contribution in [0.2, 0.25) is 0 Å². The van der Waals surface area contributed by atoms with Gasteiger partial charge in [0, 0.05) is 28.9 Å². The number of hydrogen-bond acceptors (Lipinski definition) is 5. The first kappa shape index (κ1) is 17.8. The van der Waals surface area contributed by atoms with Crippen molar-refractivity contribution in [1.29, 1.82) is 0 Å². The molecule has 0 radical (unpaired) electrons. The molecular formula is C17H14BrN3O2S2. The van der Waals surface area contributed by atoms with Crippen LogP contribution in [0.4, 0.5) is 10.1 Å². The van der Waals surface area contributed by atoms with Gasteiger partial charge in [-0.25, -0.2) is 4.98 Å². The first-order chi connectivity index (χ1) is 12.0. The molecule has 128 valence electrons. The maximum atomic E-state index is 12.3. The topological polar surface area (TPSA) is 71.1 Å². The molecular weight excluding hydrogens is 422 g/mol. The van der Waals surface area contributed by atoms with Gasteiger partial charge in [-0.1, -0.05) is 28.1 Å². The molecule has 0 unspecified atom stereocenters. The summed E-state index contributed by atoms with van der Waals surface area (Å²) in [6.07, 6.45) is 2.55. The summed E-state index contributed by atoms with van der Waals surface area (Å²) < 4.78 is 1.04. The lowest BCUT2D eigenvalue weighted by Crippen LogP contribution is -2.09. The standard InChI is InChI=1S/C17H14BrN3O2S2/c1-10(22)20-15-7-6-14(25-15)16(23)21-17-19-9-13(24-17)8-11-2-4-12(18)5-3-11/h2-7,9H,8H2,1H3,(H,20,22)(H,19,21,23). The predicted octanol–water partition coefficient (Wildman–Crippen LogP) is 4.77. The van der Waals surface area contributed by atoms with Gasteiger partial charge < -0.3 is 5.32 Å². The molecule has 0 saturated heterocycles. The van der Waals surface area contributed by atoms with E-state index >= 15 is 0 Å². The van der Waals surface area contributed by atoms with Gasteiger partial charge in [-0.15, -0.1) is 22.7 Å². The van der Waals surface area contributed by atoms with Gasteiger partial charge in [0.25, 0.3) is 5.91 Å². The molecule has 2 N–H and O–H groups in total. The number of aromatic nitrogens is 1. The van der Waals surface area contributed by atoms with Crippen LogP contribution in [-0.2, 0) is 11.2 Å². The minimum atomic E-state index is -0.230. The number of benzene rings is 1. The van der Waals surface area contributed by atoms with Crippen molar-refractivity contribution in [3.05, 3.63) is 62.4 Å². The van der Waals surface area contributed by atoms with Crippen LogP contribution in [0, 0.1) is 0 Å². The molecule has 1 aromatic carbocycles. The molecule has 25 heavy (non-hydrogen) atoms. The fourth-order valence-corrected chi connectivity index (χ4v) is 4.06. The molecule has 0 bridgehead atoms. The van der Waals surface area contributed by atoms with Crippen molar-refractivity contribution in [3.8, 4) is 0 Å². The van der Waals surface area contributed by atoms with E-state index < -0.39 is 0 Å². The Morgan fingerprint density at radius 3 is 2.56 bits per heavy atom. The minimum absolute atomic E-state index is 0.161. The number of anilines is 2.